The number of rotatable bonds is 7. The van der Waals surface area contributed by atoms with Gasteiger partial charge in [-0.25, -0.2) is 0 Å². The van der Waals surface area contributed by atoms with Crippen LogP contribution >= 0.6 is 0 Å². The van der Waals surface area contributed by atoms with E-state index in [2.05, 4.69) is 0 Å². The number of likely N-dealkylation sites (N-methyl/N-ethyl adjacent to an activating group) is 1. The van der Waals surface area contributed by atoms with Gasteiger partial charge in [0.1, 0.15) is 18.7 Å². The third-order valence-electron chi connectivity index (χ3n) is 5.29. The fourth-order valence-electron chi connectivity index (χ4n) is 3.60. The number of nitro benzene ring substituents is 1. The molecular formula is C22H19N3O9. The van der Waals surface area contributed by atoms with Gasteiger partial charge in [0.25, 0.3) is 23.4 Å². The second-order valence-corrected chi connectivity index (χ2v) is 7.59. The summed E-state index contributed by atoms with van der Waals surface area (Å²) in [4.78, 5) is 61.8. The van der Waals surface area contributed by atoms with Gasteiger partial charge < -0.3 is 19.1 Å². The van der Waals surface area contributed by atoms with E-state index in [4.69, 9.17) is 14.2 Å². The van der Waals surface area contributed by atoms with Gasteiger partial charge >= 0.3 is 5.97 Å². The molecule has 34 heavy (non-hydrogen) atoms. The maximum atomic E-state index is 12.5. The Bertz CT molecular complexity index is 1200. The first-order valence-corrected chi connectivity index (χ1v) is 10.2. The molecule has 2 aliphatic rings. The molecule has 0 saturated carbocycles. The Hall–Kier alpha value is -4.48. The average molecular weight is 469 g/mol. The van der Waals surface area contributed by atoms with Gasteiger partial charge in [0.05, 0.1) is 17.0 Å². The molecule has 1 unspecified atom stereocenters. The standard InChI is InChI=1S/C22H19N3O9/c1-23(9-13-11-32-16-7-2-3-8-17(16)34-13)18(26)12-33-19(27)10-24-21(28)14-5-4-6-15(25(30)31)20(14)22(24)29/h2-8,13H,9-12H2,1H3. The SMILES string of the molecule is CN(CC1COc2ccccc2O1)C(=O)COC(=O)CN1C(=O)c2cccc([N+](=O)[O-])c2C1=O. The Morgan fingerprint density at radius 3 is 2.62 bits per heavy atom. The summed E-state index contributed by atoms with van der Waals surface area (Å²) in [5.41, 5.74) is -1.07. The van der Waals surface area contributed by atoms with Crippen LogP contribution in [0.15, 0.2) is 42.5 Å². The highest BCUT2D eigenvalue weighted by atomic mass is 16.6. The number of fused-ring (bicyclic) bond motifs is 2. The van der Waals surface area contributed by atoms with E-state index < -0.39 is 53.6 Å². The number of benzene rings is 2. The second-order valence-electron chi connectivity index (χ2n) is 7.59. The van der Waals surface area contributed by atoms with Crippen molar-refractivity contribution in [2.24, 2.45) is 0 Å². The quantitative estimate of drug-likeness (QED) is 0.251. The van der Waals surface area contributed by atoms with Crippen LogP contribution in [0.5, 0.6) is 11.5 Å². The van der Waals surface area contributed by atoms with Crippen LogP contribution in [0.4, 0.5) is 5.69 Å². The number of nitro groups is 1. The van der Waals surface area contributed by atoms with Crippen LogP contribution in [0.1, 0.15) is 20.7 Å². The Morgan fingerprint density at radius 2 is 1.88 bits per heavy atom. The fraction of sp³-hybridized carbons (Fsp3) is 0.273. The van der Waals surface area contributed by atoms with Crippen LogP contribution in [-0.2, 0) is 14.3 Å². The Labute approximate surface area is 192 Å². The molecule has 4 rings (SSSR count). The number of ether oxygens (including phenoxy) is 3. The van der Waals surface area contributed by atoms with Gasteiger partial charge in [0, 0.05) is 13.1 Å². The monoisotopic (exact) mass is 469 g/mol. The fourth-order valence-corrected chi connectivity index (χ4v) is 3.60. The number of carbonyl (C=O) groups excluding carboxylic acids is 4. The molecule has 0 bridgehead atoms. The zero-order valence-corrected chi connectivity index (χ0v) is 18.0. The van der Waals surface area contributed by atoms with Crippen LogP contribution < -0.4 is 9.47 Å². The van der Waals surface area contributed by atoms with E-state index in [0.717, 1.165) is 6.07 Å². The highest BCUT2D eigenvalue weighted by Crippen LogP contribution is 2.31. The molecule has 12 nitrogen and oxygen atoms in total. The first kappa shape index (κ1) is 22.7. The number of nitrogens with zero attached hydrogens (tertiary/aromatic N) is 3. The van der Waals surface area contributed by atoms with Gasteiger partial charge in [0.15, 0.2) is 24.2 Å². The minimum absolute atomic E-state index is 0.168. The molecule has 3 amide bonds. The number of amides is 3. The summed E-state index contributed by atoms with van der Waals surface area (Å²) in [6.07, 6.45) is -0.423. The lowest BCUT2D eigenvalue weighted by atomic mass is 10.1. The number of imide groups is 1. The van der Waals surface area contributed by atoms with E-state index in [9.17, 15) is 29.3 Å². The van der Waals surface area contributed by atoms with Crippen molar-refractivity contribution < 1.29 is 38.3 Å². The Morgan fingerprint density at radius 1 is 1.15 bits per heavy atom. The maximum absolute atomic E-state index is 12.5. The highest BCUT2D eigenvalue weighted by Gasteiger charge is 2.42. The summed E-state index contributed by atoms with van der Waals surface area (Å²) >= 11 is 0. The van der Waals surface area contributed by atoms with Crippen molar-refractivity contribution in [2.75, 3.05) is 33.4 Å². The largest absolute Gasteiger partial charge is 0.486 e. The molecule has 0 N–H and O–H groups in total. The van der Waals surface area contributed by atoms with Crippen molar-refractivity contribution in [3.05, 3.63) is 63.7 Å². The van der Waals surface area contributed by atoms with E-state index in [1.54, 1.807) is 18.2 Å². The summed E-state index contributed by atoms with van der Waals surface area (Å²) in [7, 11) is 1.50. The minimum Gasteiger partial charge on any atom is -0.486 e. The molecule has 0 aromatic heterocycles. The summed E-state index contributed by atoms with van der Waals surface area (Å²) in [5.74, 6) is -2.19. The van der Waals surface area contributed by atoms with E-state index in [1.807, 2.05) is 6.07 Å². The lowest BCUT2D eigenvalue weighted by Crippen LogP contribution is -2.43. The van der Waals surface area contributed by atoms with E-state index in [1.165, 1.54) is 24.1 Å². The van der Waals surface area contributed by atoms with Crippen LogP contribution in [0, 0.1) is 10.1 Å². The molecule has 0 aliphatic carbocycles. The van der Waals surface area contributed by atoms with Crippen LogP contribution in [0.25, 0.3) is 0 Å². The van der Waals surface area contributed by atoms with Crippen molar-refractivity contribution in [1.29, 1.82) is 0 Å². The smallest absolute Gasteiger partial charge is 0.326 e. The first-order valence-electron chi connectivity index (χ1n) is 10.2. The summed E-state index contributed by atoms with van der Waals surface area (Å²) in [6, 6.07) is 10.8. The molecule has 2 aromatic rings. The zero-order chi connectivity index (χ0) is 24.4. The summed E-state index contributed by atoms with van der Waals surface area (Å²) < 4.78 is 16.3. The van der Waals surface area contributed by atoms with Crippen molar-refractivity contribution in [2.45, 2.75) is 6.10 Å². The Balaban J connectivity index is 1.29. The molecule has 2 aliphatic heterocycles. The van der Waals surface area contributed by atoms with Gasteiger partial charge in [-0.3, -0.25) is 34.2 Å². The van der Waals surface area contributed by atoms with Crippen LogP contribution in [0.2, 0.25) is 0 Å². The first-order chi connectivity index (χ1) is 16.3. The molecule has 1 atom stereocenters. The van der Waals surface area contributed by atoms with Gasteiger partial charge in [-0.15, -0.1) is 0 Å². The lowest BCUT2D eigenvalue weighted by Gasteiger charge is -2.29. The number of carbonyl (C=O) groups is 4. The van der Waals surface area contributed by atoms with Crippen molar-refractivity contribution >= 4 is 29.4 Å². The second kappa shape index (κ2) is 9.17. The van der Waals surface area contributed by atoms with Crippen molar-refractivity contribution in [1.82, 2.24) is 9.80 Å². The molecule has 0 saturated heterocycles. The third-order valence-corrected chi connectivity index (χ3v) is 5.29. The maximum Gasteiger partial charge on any atom is 0.326 e. The predicted molar refractivity (Wildman–Crippen MR) is 113 cm³/mol. The van der Waals surface area contributed by atoms with Crippen LogP contribution in [0.3, 0.4) is 0 Å². The van der Waals surface area contributed by atoms with E-state index in [0.29, 0.717) is 16.4 Å². The summed E-state index contributed by atoms with van der Waals surface area (Å²) in [5, 5.41) is 11.2. The molecule has 12 heteroatoms. The molecular weight excluding hydrogens is 450 g/mol. The predicted octanol–water partition coefficient (Wildman–Crippen LogP) is 1.03. The minimum atomic E-state index is -1.01. The van der Waals surface area contributed by atoms with Gasteiger partial charge in [-0.1, -0.05) is 18.2 Å². The zero-order valence-electron chi connectivity index (χ0n) is 18.0. The molecule has 176 valence electrons. The molecule has 2 heterocycles. The Kier molecular flexibility index (Phi) is 6.13. The van der Waals surface area contributed by atoms with Crippen molar-refractivity contribution in [3.8, 4) is 11.5 Å². The van der Waals surface area contributed by atoms with E-state index in [-0.39, 0.29) is 24.3 Å². The van der Waals surface area contributed by atoms with Gasteiger partial charge in [-0.05, 0) is 18.2 Å². The lowest BCUT2D eigenvalue weighted by molar-refractivity contribution is -0.385. The van der Waals surface area contributed by atoms with Crippen molar-refractivity contribution in [3.63, 3.8) is 0 Å². The molecule has 0 radical (unpaired) electrons. The number of esters is 1. The summed E-state index contributed by atoms with van der Waals surface area (Å²) in [6.45, 7) is -0.993. The number of para-hydroxylation sites is 2. The highest BCUT2D eigenvalue weighted by molar-refractivity contribution is 6.24. The topological polar surface area (TPSA) is 146 Å². The molecule has 0 spiro atoms. The number of hydrogen-bond donors (Lipinski definition) is 0. The molecule has 2 aromatic carbocycles. The van der Waals surface area contributed by atoms with Crippen LogP contribution in [-0.4, -0.2) is 77.9 Å². The number of hydrogen-bond acceptors (Lipinski definition) is 9. The normalized spacial score (nSPS) is 16.1. The van der Waals surface area contributed by atoms with Gasteiger partial charge in [-0.2, -0.15) is 0 Å². The van der Waals surface area contributed by atoms with Gasteiger partial charge in [0.2, 0.25) is 0 Å². The molecule has 0 fully saturated rings. The average Bonchev–Trinajstić information content (AvgIpc) is 3.07. The third kappa shape index (κ3) is 4.37. The van der Waals surface area contributed by atoms with E-state index >= 15 is 0 Å².